The van der Waals surface area contributed by atoms with Gasteiger partial charge in [-0.25, -0.2) is 4.99 Å². The Morgan fingerprint density at radius 3 is 2.69 bits per heavy atom. The van der Waals surface area contributed by atoms with Gasteiger partial charge in [0.2, 0.25) is 0 Å². The molecule has 0 saturated heterocycles. The number of carbonyl (C=O) groups excluding carboxylic acids is 1. The number of anilines is 1. The van der Waals surface area contributed by atoms with Gasteiger partial charge in [-0.1, -0.05) is 19.9 Å². The van der Waals surface area contributed by atoms with Gasteiger partial charge in [-0.15, -0.1) is 0 Å². The van der Waals surface area contributed by atoms with Crippen molar-refractivity contribution < 1.29 is 13.9 Å². The van der Waals surface area contributed by atoms with Gasteiger partial charge in [0.05, 0.1) is 6.26 Å². The fourth-order valence-corrected chi connectivity index (χ4v) is 2.25. The number of amides is 1. The number of aliphatic imine (C=N–C) groups is 1. The number of ether oxygens (including phenoxy) is 1. The van der Waals surface area contributed by atoms with Gasteiger partial charge in [-0.05, 0) is 30.3 Å². The lowest BCUT2D eigenvalue weighted by molar-refractivity contribution is 0.0958. The quantitative estimate of drug-likeness (QED) is 0.432. The molecule has 0 fully saturated rings. The first-order chi connectivity index (χ1) is 14.1. The van der Waals surface area contributed by atoms with Crippen molar-refractivity contribution in [1.82, 2.24) is 10.3 Å². The molecule has 0 saturated carbocycles. The van der Waals surface area contributed by atoms with Crippen LogP contribution in [0.25, 0.3) is 0 Å². The van der Waals surface area contributed by atoms with Gasteiger partial charge in [0.15, 0.2) is 5.96 Å². The summed E-state index contributed by atoms with van der Waals surface area (Å²) < 4.78 is 11.0. The molecular formula is C21H25N5O3. The number of aromatic nitrogens is 1. The van der Waals surface area contributed by atoms with Crippen LogP contribution in [0.15, 0.2) is 70.4 Å². The normalized spacial score (nSPS) is 10.5. The average Bonchev–Trinajstić information content (AvgIpc) is 3.27. The Bertz CT molecular complexity index is 939. The van der Waals surface area contributed by atoms with Crippen molar-refractivity contribution in [1.29, 1.82) is 0 Å². The number of benzene rings is 1. The summed E-state index contributed by atoms with van der Waals surface area (Å²) in [6.45, 7) is 4.35. The van der Waals surface area contributed by atoms with Gasteiger partial charge in [0.25, 0.3) is 5.91 Å². The molecule has 2 heterocycles. The molecular weight excluding hydrogens is 370 g/mol. The van der Waals surface area contributed by atoms with Crippen molar-refractivity contribution in [3.63, 3.8) is 0 Å². The van der Waals surface area contributed by atoms with E-state index in [1.807, 2.05) is 32.0 Å². The number of nitrogens with two attached hydrogens (primary N) is 1. The highest BCUT2D eigenvalue weighted by molar-refractivity contribution is 5.93. The van der Waals surface area contributed by atoms with E-state index in [1.165, 1.54) is 6.20 Å². The Kier molecular flexibility index (Phi) is 8.25. The van der Waals surface area contributed by atoms with E-state index in [9.17, 15) is 4.79 Å². The Morgan fingerprint density at radius 1 is 1.17 bits per heavy atom. The minimum absolute atomic E-state index is 0.259. The Labute approximate surface area is 169 Å². The Morgan fingerprint density at radius 2 is 1.97 bits per heavy atom. The van der Waals surface area contributed by atoms with Crippen LogP contribution in [0.3, 0.4) is 0 Å². The van der Waals surface area contributed by atoms with Crippen LogP contribution in [0.4, 0.5) is 5.69 Å². The maximum Gasteiger partial charge on any atom is 0.269 e. The molecule has 0 unspecified atom stereocenters. The number of nitrogens with zero attached hydrogens (tertiary/aromatic N) is 2. The average molecular weight is 395 g/mol. The van der Waals surface area contributed by atoms with Crippen molar-refractivity contribution in [2.75, 3.05) is 12.4 Å². The summed E-state index contributed by atoms with van der Waals surface area (Å²) in [6, 6.07) is 14.1. The van der Waals surface area contributed by atoms with Crippen LogP contribution in [-0.2, 0) is 6.54 Å². The third-order valence-corrected chi connectivity index (χ3v) is 3.52. The number of hydrogen-bond acceptors (Lipinski definition) is 5. The summed E-state index contributed by atoms with van der Waals surface area (Å²) in [5.41, 5.74) is 6.89. The summed E-state index contributed by atoms with van der Waals surface area (Å²) in [5.74, 6) is 1.78. The molecule has 0 bridgehead atoms. The predicted octanol–water partition coefficient (Wildman–Crippen LogP) is 3.78. The smallest absolute Gasteiger partial charge is 0.269 e. The highest BCUT2D eigenvalue weighted by Gasteiger charge is 2.07. The van der Waals surface area contributed by atoms with Crippen LogP contribution in [-0.4, -0.2) is 23.9 Å². The lowest BCUT2D eigenvalue weighted by Gasteiger charge is -2.10. The molecule has 1 amide bonds. The number of nitrogens with one attached hydrogen (secondary N) is 2. The highest BCUT2D eigenvalue weighted by Crippen LogP contribution is 2.24. The molecule has 4 N–H and O–H groups in total. The maximum atomic E-state index is 11.7. The van der Waals surface area contributed by atoms with E-state index >= 15 is 0 Å². The first kappa shape index (κ1) is 21.5. The largest absolute Gasteiger partial charge is 0.467 e. The zero-order valence-corrected chi connectivity index (χ0v) is 16.7. The lowest BCUT2D eigenvalue weighted by atomic mass is 10.3. The summed E-state index contributed by atoms with van der Waals surface area (Å²) in [7, 11) is 1.55. The SMILES string of the molecule is CC.CNC(=O)c1cc(Oc2cccc(NC(N)=NCc3ccco3)c2)ccn1. The molecule has 1 aromatic carbocycles. The van der Waals surface area contributed by atoms with Crippen LogP contribution >= 0.6 is 0 Å². The van der Waals surface area contributed by atoms with Gasteiger partial charge in [0.1, 0.15) is 29.5 Å². The van der Waals surface area contributed by atoms with Gasteiger partial charge in [0, 0.05) is 31.1 Å². The van der Waals surface area contributed by atoms with Gasteiger partial charge in [-0.3, -0.25) is 9.78 Å². The molecule has 152 valence electrons. The molecule has 0 atom stereocenters. The standard InChI is InChI=1S/C19H19N5O3.C2H6/c1-21-18(25)17-11-15(7-8-22-17)27-14-5-2-4-13(10-14)24-19(20)23-12-16-6-3-9-26-16;1-2/h2-11H,12H2,1H3,(H,21,25)(H3,20,23,24);1-2H3. The second-order valence-corrected chi connectivity index (χ2v) is 5.49. The van der Waals surface area contributed by atoms with E-state index in [0.717, 1.165) is 5.76 Å². The molecule has 0 aliphatic heterocycles. The van der Waals surface area contributed by atoms with E-state index in [-0.39, 0.29) is 17.6 Å². The van der Waals surface area contributed by atoms with E-state index in [0.29, 0.717) is 23.7 Å². The molecule has 0 spiro atoms. The summed E-state index contributed by atoms with van der Waals surface area (Å²) in [5, 5.41) is 5.52. The molecule has 8 nitrogen and oxygen atoms in total. The number of carbonyl (C=O) groups is 1. The van der Waals surface area contributed by atoms with Crippen LogP contribution in [0.1, 0.15) is 30.1 Å². The zero-order valence-electron chi connectivity index (χ0n) is 16.7. The number of pyridine rings is 1. The Hall–Kier alpha value is -3.81. The first-order valence-electron chi connectivity index (χ1n) is 9.19. The molecule has 29 heavy (non-hydrogen) atoms. The number of furan rings is 1. The molecule has 2 aromatic heterocycles. The lowest BCUT2D eigenvalue weighted by Crippen LogP contribution is -2.22. The van der Waals surface area contributed by atoms with Gasteiger partial charge < -0.3 is 25.5 Å². The third-order valence-electron chi connectivity index (χ3n) is 3.52. The minimum Gasteiger partial charge on any atom is -0.467 e. The van der Waals surface area contributed by atoms with Crippen LogP contribution < -0.4 is 21.1 Å². The maximum absolute atomic E-state index is 11.7. The number of rotatable bonds is 6. The van der Waals surface area contributed by atoms with Gasteiger partial charge >= 0.3 is 0 Å². The van der Waals surface area contributed by atoms with Crippen LogP contribution in [0.5, 0.6) is 11.5 Å². The second-order valence-electron chi connectivity index (χ2n) is 5.49. The number of guanidine groups is 1. The molecule has 0 radical (unpaired) electrons. The Balaban J connectivity index is 0.00000145. The summed E-state index contributed by atoms with van der Waals surface area (Å²) in [6.07, 6.45) is 3.10. The second kappa shape index (κ2) is 11.1. The third kappa shape index (κ3) is 6.69. The van der Waals surface area contributed by atoms with Crippen molar-refractivity contribution in [2.45, 2.75) is 20.4 Å². The minimum atomic E-state index is -0.281. The number of hydrogen-bond donors (Lipinski definition) is 3. The highest BCUT2D eigenvalue weighted by atomic mass is 16.5. The fraction of sp³-hybridized carbons (Fsp3) is 0.190. The predicted molar refractivity (Wildman–Crippen MR) is 113 cm³/mol. The van der Waals surface area contributed by atoms with Crippen LogP contribution in [0, 0.1) is 0 Å². The molecule has 0 aliphatic carbocycles. The van der Waals surface area contributed by atoms with E-state index < -0.39 is 0 Å². The first-order valence-corrected chi connectivity index (χ1v) is 9.19. The molecule has 3 aromatic rings. The van der Waals surface area contributed by atoms with E-state index in [4.69, 9.17) is 14.9 Å². The van der Waals surface area contributed by atoms with Crippen LogP contribution in [0.2, 0.25) is 0 Å². The topological polar surface area (TPSA) is 115 Å². The fourth-order valence-electron chi connectivity index (χ4n) is 2.25. The van der Waals surface area contributed by atoms with Crippen molar-refractivity contribution in [3.05, 3.63) is 72.4 Å². The molecule has 3 rings (SSSR count). The summed E-state index contributed by atoms with van der Waals surface area (Å²) in [4.78, 5) is 19.9. The van der Waals surface area contributed by atoms with Crippen molar-refractivity contribution >= 4 is 17.6 Å². The van der Waals surface area contributed by atoms with Crippen molar-refractivity contribution in [3.8, 4) is 11.5 Å². The summed E-state index contributed by atoms with van der Waals surface area (Å²) >= 11 is 0. The van der Waals surface area contributed by atoms with E-state index in [2.05, 4.69) is 20.6 Å². The molecule has 8 heteroatoms. The zero-order chi connectivity index (χ0) is 21.1. The van der Waals surface area contributed by atoms with Gasteiger partial charge in [-0.2, -0.15) is 0 Å². The van der Waals surface area contributed by atoms with E-state index in [1.54, 1.807) is 43.6 Å². The molecule has 0 aliphatic rings. The van der Waals surface area contributed by atoms with Crippen molar-refractivity contribution in [2.24, 2.45) is 10.7 Å². The monoisotopic (exact) mass is 395 g/mol.